The molecular formula is C16H30N2O. The molecule has 1 aromatic rings. The minimum absolute atomic E-state index is 0.696. The first-order chi connectivity index (χ1) is 9.06. The van der Waals surface area contributed by atoms with E-state index in [1.54, 1.807) is 0 Å². The zero-order chi connectivity index (χ0) is 14.3. The highest BCUT2D eigenvalue weighted by atomic mass is 16.3. The van der Waals surface area contributed by atoms with Crippen molar-refractivity contribution in [3.8, 4) is 0 Å². The summed E-state index contributed by atoms with van der Waals surface area (Å²) in [7, 11) is 0. The van der Waals surface area contributed by atoms with Crippen molar-refractivity contribution < 1.29 is 4.42 Å². The first-order valence-corrected chi connectivity index (χ1v) is 7.58. The van der Waals surface area contributed by atoms with Crippen LogP contribution in [0.3, 0.4) is 0 Å². The number of hydrogen-bond donors (Lipinski definition) is 1. The molecule has 0 radical (unpaired) electrons. The lowest BCUT2D eigenvalue weighted by atomic mass is 10.2. The number of hydrogen-bond acceptors (Lipinski definition) is 3. The van der Waals surface area contributed by atoms with Crippen molar-refractivity contribution in [1.82, 2.24) is 10.2 Å². The highest BCUT2D eigenvalue weighted by Crippen LogP contribution is 2.16. The van der Waals surface area contributed by atoms with Gasteiger partial charge < -0.3 is 9.73 Å². The van der Waals surface area contributed by atoms with E-state index in [0.717, 1.165) is 50.7 Å². The highest BCUT2D eigenvalue weighted by molar-refractivity contribution is 5.20. The molecule has 3 heteroatoms. The van der Waals surface area contributed by atoms with Gasteiger partial charge in [-0.05, 0) is 44.0 Å². The Morgan fingerprint density at radius 3 is 2.63 bits per heavy atom. The summed E-state index contributed by atoms with van der Waals surface area (Å²) in [5.41, 5.74) is 1.26. The lowest BCUT2D eigenvalue weighted by Gasteiger charge is -2.21. The Morgan fingerprint density at radius 2 is 2.05 bits per heavy atom. The molecule has 1 rings (SSSR count). The molecule has 1 heterocycles. The predicted octanol–water partition coefficient (Wildman–Crippen LogP) is 3.57. The van der Waals surface area contributed by atoms with Gasteiger partial charge in [0.2, 0.25) is 0 Å². The molecule has 1 N–H and O–H groups in total. The van der Waals surface area contributed by atoms with Gasteiger partial charge in [0.05, 0.1) is 13.1 Å². The van der Waals surface area contributed by atoms with E-state index >= 15 is 0 Å². The van der Waals surface area contributed by atoms with Crippen LogP contribution in [0.15, 0.2) is 10.5 Å². The molecule has 0 unspecified atom stereocenters. The molecule has 0 saturated heterocycles. The number of nitrogens with one attached hydrogen (secondary N) is 1. The Kier molecular flexibility index (Phi) is 7.17. The van der Waals surface area contributed by atoms with Gasteiger partial charge in [0.15, 0.2) is 0 Å². The molecule has 0 saturated carbocycles. The number of furan rings is 1. The van der Waals surface area contributed by atoms with E-state index in [0.29, 0.717) is 5.92 Å². The third kappa shape index (κ3) is 5.79. The first kappa shape index (κ1) is 16.3. The summed E-state index contributed by atoms with van der Waals surface area (Å²) in [5.74, 6) is 2.87. The van der Waals surface area contributed by atoms with Gasteiger partial charge in [0.1, 0.15) is 11.5 Å². The zero-order valence-electron chi connectivity index (χ0n) is 13.3. The normalized spacial score (nSPS) is 11.7. The maximum absolute atomic E-state index is 5.97. The molecule has 1 aromatic heterocycles. The van der Waals surface area contributed by atoms with E-state index in [-0.39, 0.29) is 0 Å². The van der Waals surface area contributed by atoms with Crippen molar-refractivity contribution in [2.45, 2.75) is 54.1 Å². The number of rotatable bonds is 9. The fourth-order valence-corrected chi connectivity index (χ4v) is 2.26. The molecular weight excluding hydrogens is 236 g/mol. The predicted molar refractivity (Wildman–Crippen MR) is 81.2 cm³/mol. The van der Waals surface area contributed by atoms with Gasteiger partial charge in [-0.2, -0.15) is 0 Å². The largest absolute Gasteiger partial charge is 0.463 e. The number of nitrogens with zero attached hydrogens (tertiary/aromatic N) is 1. The molecule has 0 aliphatic heterocycles. The van der Waals surface area contributed by atoms with Crippen LogP contribution in [-0.2, 0) is 13.1 Å². The fraction of sp³-hybridized carbons (Fsp3) is 0.750. The Bertz CT molecular complexity index is 358. The van der Waals surface area contributed by atoms with Crippen LogP contribution in [0.4, 0.5) is 0 Å². The van der Waals surface area contributed by atoms with Gasteiger partial charge in [-0.15, -0.1) is 0 Å². The lowest BCUT2D eigenvalue weighted by molar-refractivity contribution is 0.227. The quantitative estimate of drug-likeness (QED) is 0.693. The molecule has 3 nitrogen and oxygen atoms in total. The third-order valence-corrected chi connectivity index (χ3v) is 3.23. The average molecular weight is 266 g/mol. The van der Waals surface area contributed by atoms with Crippen LogP contribution in [0.1, 0.15) is 51.2 Å². The standard InChI is InChI=1S/C16H30N2O/c1-6-8-17-10-16-14(5)9-15(19-16)12-18(7-2)11-13(3)4/h9,13,17H,6-8,10-12H2,1-5H3. The van der Waals surface area contributed by atoms with Gasteiger partial charge in [-0.25, -0.2) is 0 Å². The Balaban J connectivity index is 2.56. The third-order valence-electron chi connectivity index (χ3n) is 3.23. The van der Waals surface area contributed by atoms with Crippen molar-refractivity contribution in [3.63, 3.8) is 0 Å². The maximum Gasteiger partial charge on any atom is 0.120 e. The van der Waals surface area contributed by atoms with E-state index in [9.17, 15) is 0 Å². The van der Waals surface area contributed by atoms with Crippen LogP contribution >= 0.6 is 0 Å². The van der Waals surface area contributed by atoms with Crippen LogP contribution in [0.25, 0.3) is 0 Å². The van der Waals surface area contributed by atoms with Crippen LogP contribution in [-0.4, -0.2) is 24.5 Å². The second-order valence-electron chi connectivity index (χ2n) is 5.72. The van der Waals surface area contributed by atoms with Crippen molar-refractivity contribution in [2.24, 2.45) is 5.92 Å². The maximum atomic E-state index is 5.97. The summed E-state index contributed by atoms with van der Waals surface area (Å²) in [5, 5.41) is 3.40. The van der Waals surface area contributed by atoms with Crippen molar-refractivity contribution in [3.05, 3.63) is 23.2 Å². The smallest absolute Gasteiger partial charge is 0.120 e. The average Bonchev–Trinajstić information content (AvgIpc) is 2.69. The van der Waals surface area contributed by atoms with Crippen molar-refractivity contribution in [2.75, 3.05) is 19.6 Å². The molecule has 0 atom stereocenters. The van der Waals surface area contributed by atoms with Gasteiger partial charge >= 0.3 is 0 Å². The van der Waals surface area contributed by atoms with E-state index in [4.69, 9.17) is 4.42 Å². The second-order valence-corrected chi connectivity index (χ2v) is 5.72. The van der Waals surface area contributed by atoms with Gasteiger partial charge in [-0.3, -0.25) is 4.90 Å². The molecule has 0 amide bonds. The van der Waals surface area contributed by atoms with E-state index in [1.807, 2.05) is 0 Å². The second kappa shape index (κ2) is 8.39. The van der Waals surface area contributed by atoms with Gasteiger partial charge in [0, 0.05) is 6.54 Å². The summed E-state index contributed by atoms with van der Waals surface area (Å²) < 4.78 is 5.97. The molecule has 110 valence electrons. The van der Waals surface area contributed by atoms with Crippen LogP contribution in [0.2, 0.25) is 0 Å². The summed E-state index contributed by atoms with van der Waals surface area (Å²) in [6, 6.07) is 2.19. The molecule has 0 aliphatic rings. The first-order valence-electron chi connectivity index (χ1n) is 7.58. The minimum Gasteiger partial charge on any atom is -0.463 e. The summed E-state index contributed by atoms with van der Waals surface area (Å²) >= 11 is 0. The highest BCUT2D eigenvalue weighted by Gasteiger charge is 2.11. The van der Waals surface area contributed by atoms with Gasteiger partial charge in [-0.1, -0.05) is 27.7 Å². The lowest BCUT2D eigenvalue weighted by Crippen LogP contribution is -2.26. The van der Waals surface area contributed by atoms with Crippen LogP contribution in [0, 0.1) is 12.8 Å². The fourth-order valence-electron chi connectivity index (χ4n) is 2.26. The molecule has 0 fully saturated rings. The van der Waals surface area contributed by atoms with E-state index < -0.39 is 0 Å². The van der Waals surface area contributed by atoms with Crippen molar-refractivity contribution >= 4 is 0 Å². The molecule has 0 bridgehead atoms. The van der Waals surface area contributed by atoms with Crippen LogP contribution < -0.4 is 5.32 Å². The number of aryl methyl sites for hydroxylation is 1. The Labute approximate surface area is 118 Å². The summed E-state index contributed by atoms with van der Waals surface area (Å²) in [6.45, 7) is 16.0. The summed E-state index contributed by atoms with van der Waals surface area (Å²) in [6.07, 6.45) is 1.16. The van der Waals surface area contributed by atoms with E-state index in [1.165, 1.54) is 5.56 Å². The molecule has 0 aromatic carbocycles. The Hall–Kier alpha value is -0.800. The van der Waals surface area contributed by atoms with Gasteiger partial charge in [0.25, 0.3) is 0 Å². The van der Waals surface area contributed by atoms with Crippen LogP contribution in [0.5, 0.6) is 0 Å². The van der Waals surface area contributed by atoms with Crippen molar-refractivity contribution in [1.29, 1.82) is 0 Å². The molecule has 0 spiro atoms. The molecule has 0 aliphatic carbocycles. The SMILES string of the molecule is CCCNCc1oc(CN(CC)CC(C)C)cc1C. The Morgan fingerprint density at radius 1 is 1.32 bits per heavy atom. The summed E-state index contributed by atoms with van der Waals surface area (Å²) in [4.78, 5) is 2.44. The topological polar surface area (TPSA) is 28.4 Å². The monoisotopic (exact) mass is 266 g/mol. The molecule has 19 heavy (non-hydrogen) atoms. The zero-order valence-corrected chi connectivity index (χ0v) is 13.3. The minimum atomic E-state index is 0.696. The van der Waals surface area contributed by atoms with E-state index in [2.05, 4.69) is 50.9 Å².